The van der Waals surface area contributed by atoms with Crippen molar-refractivity contribution in [3.63, 3.8) is 0 Å². The van der Waals surface area contributed by atoms with Crippen molar-refractivity contribution >= 4 is 6.09 Å². The number of likely N-dealkylation sites (tertiary alicyclic amines) is 1. The Morgan fingerprint density at radius 3 is 2.39 bits per heavy atom. The van der Waals surface area contributed by atoms with E-state index in [0.717, 1.165) is 19.4 Å². The fourth-order valence-corrected chi connectivity index (χ4v) is 3.17. The van der Waals surface area contributed by atoms with Crippen LogP contribution in [-0.4, -0.2) is 35.2 Å². The van der Waals surface area contributed by atoms with Crippen LogP contribution in [0.4, 0.5) is 4.79 Å². The first-order chi connectivity index (χ1) is 8.14. The van der Waals surface area contributed by atoms with Crippen molar-refractivity contribution in [2.45, 2.75) is 65.1 Å². The number of carbonyl (C=O) groups is 1. The fourth-order valence-electron chi connectivity index (χ4n) is 3.17. The Bertz CT molecular complexity index is 346. The molecule has 104 valence electrons. The zero-order chi connectivity index (χ0) is 13.7. The van der Waals surface area contributed by atoms with Crippen molar-refractivity contribution in [2.24, 2.45) is 17.1 Å². The quantitative estimate of drug-likeness (QED) is 0.781. The van der Waals surface area contributed by atoms with Crippen molar-refractivity contribution in [3.8, 4) is 0 Å². The van der Waals surface area contributed by atoms with Crippen molar-refractivity contribution in [1.82, 2.24) is 4.90 Å². The monoisotopic (exact) mass is 254 g/mol. The van der Waals surface area contributed by atoms with Crippen molar-refractivity contribution in [1.29, 1.82) is 0 Å². The third kappa shape index (κ3) is 2.35. The van der Waals surface area contributed by atoms with Gasteiger partial charge in [0, 0.05) is 24.5 Å². The standard InChI is InChI=1S/C14H26N2O2/c1-13(2,3)18-12(17)16-8-6-7-9(16)10-11(15)14(10,4)5/h9-11H,6-8,15H2,1-5H3/t9?,10-,11-/m1/s1. The van der Waals surface area contributed by atoms with Crippen LogP contribution in [0, 0.1) is 11.3 Å². The van der Waals surface area contributed by atoms with E-state index in [0.29, 0.717) is 5.92 Å². The minimum atomic E-state index is -0.425. The molecule has 0 spiro atoms. The summed E-state index contributed by atoms with van der Waals surface area (Å²) in [6, 6.07) is 0.482. The maximum absolute atomic E-state index is 12.2. The van der Waals surface area contributed by atoms with E-state index in [1.807, 2.05) is 25.7 Å². The molecule has 0 aromatic heterocycles. The summed E-state index contributed by atoms with van der Waals surface area (Å²) < 4.78 is 5.48. The number of hydrogen-bond acceptors (Lipinski definition) is 3. The maximum atomic E-state index is 12.2. The minimum Gasteiger partial charge on any atom is -0.444 e. The first kappa shape index (κ1) is 13.7. The van der Waals surface area contributed by atoms with Gasteiger partial charge >= 0.3 is 6.09 Å². The molecular weight excluding hydrogens is 228 g/mol. The number of amides is 1. The number of rotatable bonds is 1. The van der Waals surface area contributed by atoms with Gasteiger partial charge in [-0.25, -0.2) is 4.79 Å². The summed E-state index contributed by atoms with van der Waals surface area (Å²) in [6.45, 7) is 10.9. The fraction of sp³-hybridized carbons (Fsp3) is 0.929. The molecule has 18 heavy (non-hydrogen) atoms. The first-order valence-electron chi connectivity index (χ1n) is 6.90. The molecule has 2 rings (SSSR count). The van der Waals surface area contributed by atoms with E-state index in [9.17, 15) is 4.79 Å². The zero-order valence-corrected chi connectivity index (χ0v) is 12.2. The molecule has 2 N–H and O–H groups in total. The first-order valence-corrected chi connectivity index (χ1v) is 6.90. The summed E-state index contributed by atoms with van der Waals surface area (Å²) in [5.74, 6) is 0.424. The van der Waals surface area contributed by atoms with E-state index in [-0.39, 0.29) is 23.6 Å². The highest BCUT2D eigenvalue weighted by Crippen LogP contribution is 2.55. The second-order valence-corrected chi connectivity index (χ2v) is 7.26. The molecule has 4 heteroatoms. The van der Waals surface area contributed by atoms with E-state index >= 15 is 0 Å². The van der Waals surface area contributed by atoms with Crippen LogP contribution in [0.1, 0.15) is 47.5 Å². The van der Waals surface area contributed by atoms with Gasteiger partial charge in [-0.15, -0.1) is 0 Å². The highest BCUT2D eigenvalue weighted by atomic mass is 16.6. The highest BCUT2D eigenvalue weighted by molar-refractivity contribution is 5.69. The normalized spacial score (nSPS) is 34.6. The number of carbonyl (C=O) groups excluding carboxylic acids is 1. The molecule has 0 aromatic carbocycles. The van der Waals surface area contributed by atoms with Crippen LogP contribution in [0.25, 0.3) is 0 Å². The lowest BCUT2D eigenvalue weighted by Crippen LogP contribution is -2.41. The van der Waals surface area contributed by atoms with Crippen LogP contribution in [0.5, 0.6) is 0 Å². The van der Waals surface area contributed by atoms with Gasteiger partial charge in [0.05, 0.1) is 0 Å². The summed E-state index contributed by atoms with van der Waals surface area (Å²) in [5.41, 5.74) is 5.87. The van der Waals surface area contributed by atoms with Gasteiger partial charge in [0.2, 0.25) is 0 Å². The second-order valence-electron chi connectivity index (χ2n) is 7.26. The Kier molecular flexibility index (Phi) is 3.13. The lowest BCUT2D eigenvalue weighted by Gasteiger charge is -2.29. The molecule has 2 aliphatic rings. The maximum Gasteiger partial charge on any atom is 0.410 e. The Morgan fingerprint density at radius 2 is 1.94 bits per heavy atom. The predicted octanol–water partition coefficient (Wildman–Crippen LogP) is 2.37. The van der Waals surface area contributed by atoms with Gasteiger partial charge in [0.1, 0.15) is 5.60 Å². The van der Waals surface area contributed by atoms with Gasteiger partial charge in [-0.3, -0.25) is 0 Å². The van der Waals surface area contributed by atoms with Gasteiger partial charge in [0.15, 0.2) is 0 Å². The molecule has 1 saturated carbocycles. The van der Waals surface area contributed by atoms with Gasteiger partial charge in [-0.05, 0) is 39.0 Å². The number of hydrogen-bond donors (Lipinski definition) is 1. The van der Waals surface area contributed by atoms with Crippen molar-refractivity contribution in [2.75, 3.05) is 6.54 Å². The Morgan fingerprint density at radius 1 is 1.39 bits per heavy atom. The smallest absolute Gasteiger partial charge is 0.410 e. The van der Waals surface area contributed by atoms with Crippen LogP contribution in [-0.2, 0) is 4.74 Å². The Balaban J connectivity index is 2.03. The molecular formula is C14H26N2O2. The predicted molar refractivity (Wildman–Crippen MR) is 71.2 cm³/mol. The SMILES string of the molecule is CC(C)(C)OC(=O)N1CCCC1[C@@H]1[C@@H](N)C1(C)C. The molecule has 2 fully saturated rings. The number of nitrogens with zero attached hydrogens (tertiary/aromatic N) is 1. The zero-order valence-electron chi connectivity index (χ0n) is 12.2. The molecule has 3 atom stereocenters. The van der Waals surface area contributed by atoms with Crippen LogP contribution in [0.15, 0.2) is 0 Å². The lowest BCUT2D eigenvalue weighted by atomic mass is 10.0. The van der Waals surface area contributed by atoms with E-state index in [1.54, 1.807) is 0 Å². The third-order valence-electron chi connectivity index (χ3n) is 4.34. The van der Waals surface area contributed by atoms with E-state index in [2.05, 4.69) is 13.8 Å². The molecule has 1 aliphatic carbocycles. The van der Waals surface area contributed by atoms with Gasteiger partial charge in [0.25, 0.3) is 0 Å². The van der Waals surface area contributed by atoms with Gasteiger partial charge in [-0.1, -0.05) is 13.8 Å². The minimum absolute atomic E-state index is 0.162. The molecule has 1 amide bonds. The highest BCUT2D eigenvalue weighted by Gasteiger charge is 2.61. The van der Waals surface area contributed by atoms with E-state index < -0.39 is 5.60 Å². The molecule has 4 nitrogen and oxygen atoms in total. The summed E-state index contributed by atoms with van der Waals surface area (Å²) in [5, 5.41) is 0. The Labute approximate surface area is 110 Å². The average molecular weight is 254 g/mol. The van der Waals surface area contributed by atoms with Gasteiger partial charge in [-0.2, -0.15) is 0 Å². The van der Waals surface area contributed by atoms with E-state index in [1.165, 1.54) is 0 Å². The van der Waals surface area contributed by atoms with Crippen LogP contribution < -0.4 is 5.73 Å². The van der Waals surface area contributed by atoms with Crippen LogP contribution in [0.2, 0.25) is 0 Å². The molecule has 1 aliphatic heterocycles. The largest absolute Gasteiger partial charge is 0.444 e. The number of nitrogens with two attached hydrogens (primary N) is 1. The van der Waals surface area contributed by atoms with Crippen LogP contribution >= 0.6 is 0 Å². The molecule has 0 aromatic rings. The lowest BCUT2D eigenvalue weighted by molar-refractivity contribution is 0.0200. The van der Waals surface area contributed by atoms with Crippen molar-refractivity contribution in [3.05, 3.63) is 0 Å². The summed E-state index contributed by atoms with van der Waals surface area (Å²) >= 11 is 0. The molecule has 1 heterocycles. The third-order valence-corrected chi connectivity index (χ3v) is 4.34. The molecule has 0 radical (unpaired) electrons. The van der Waals surface area contributed by atoms with E-state index in [4.69, 9.17) is 10.5 Å². The number of ether oxygens (including phenoxy) is 1. The summed E-state index contributed by atoms with van der Waals surface area (Å²) in [6.07, 6.45) is 1.93. The summed E-state index contributed by atoms with van der Waals surface area (Å²) in [7, 11) is 0. The van der Waals surface area contributed by atoms with Gasteiger partial charge < -0.3 is 15.4 Å². The Hall–Kier alpha value is -0.770. The second kappa shape index (κ2) is 4.12. The average Bonchev–Trinajstić information content (AvgIpc) is 2.63. The summed E-state index contributed by atoms with van der Waals surface area (Å²) in [4.78, 5) is 14.1. The molecule has 0 bridgehead atoms. The molecule has 1 saturated heterocycles. The molecule has 1 unspecified atom stereocenters. The van der Waals surface area contributed by atoms with Crippen molar-refractivity contribution < 1.29 is 9.53 Å². The van der Waals surface area contributed by atoms with Crippen LogP contribution in [0.3, 0.4) is 0 Å². The topological polar surface area (TPSA) is 55.6 Å².